The van der Waals surface area contributed by atoms with Gasteiger partial charge in [-0.25, -0.2) is 0 Å². The Morgan fingerprint density at radius 1 is 0.800 bits per heavy atom. The highest BCUT2D eigenvalue weighted by atomic mass is 16.9. The molecule has 116 valence electrons. The van der Waals surface area contributed by atoms with Gasteiger partial charge in [0, 0.05) is 6.92 Å². The molecule has 0 N–H and O–H groups in total. The maximum Gasteiger partial charge on any atom is 0.347 e. The van der Waals surface area contributed by atoms with Crippen LogP contribution in [-0.4, -0.2) is 35.7 Å². The molecule has 0 rings (SSSR count). The van der Waals surface area contributed by atoms with Gasteiger partial charge in [0.25, 0.3) is 0 Å². The van der Waals surface area contributed by atoms with Crippen molar-refractivity contribution in [2.45, 2.75) is 66.6 Å². The van der Waals surface area contributed by atoms with Gasteiger partial charge in [0.05, 0.1) is 12.2 Å². The molecule has 0 amide bonds. The minimum atomic E-state index is -2.02. The average Bonchev–Trinajstić information content (AvgIpc) is 2.10. The summed E-state index contributed by atoms with van der Waals surface area (Å²) < 4.78 is 16.2. The van der Waals surface area contributed by atoms with Crippen LogP contribution in [0.1, 0.15) is 48.5 Å². The number of hydrogen-bond acceptors (Lipinski definition) is 6. The van der Waals surface area contributed by atoms with Gasteiger partial charge in [-0.15, -0.1) is 0 Å². The van der Waals surface area contributed by atoms with Crippen molar-refractivity contribution < 1.29 is 28.6 Å². The molecule has 6 heteroatoms. The molecule has 0 saturated carbocycles. The van der Waals surface area contributed by atoms with Gasteiger partial charge in [-0.1, -0.05) is 0 Å². The van der Waals surface area contributed by atoms with Gasteiger partial charge in [0.2, 0.25) is 0 Å². The third-order valence-corrected chi connectivity index (χ3v) is 2.25. The van der Waals surface area contributed by atoms with Gasteiger partial charge in [-0.2, -0.15) is 0 Å². The molecular formula is C14H24O6. The van der Waals surface area contributed by atoms with E-state index in [4.69, 9.17) is 14.2 Å². The lowest BCUT2D eigenvalue weighted by atomic mass is 9.97. The van der Waals surface area contributed by atoms with Gasteiger partial charge in [0.1, 0.15) is 11.6 Å². The van der Waals surface area contributed by atoms with E-state index in [2.05, 4.69) is 0 Å². The second-order valence-electron chi connectivity index (χ2n) is 5.18. The van der Waals surface area contributed by atoms with Crippen molar-refractivity contribution in [2.24, 2.45) is 5.92 Å². The smallest absolute Gasteiger partial charge is 0.347 e. The summed E-state index contributed by atoms with van der Waals surface area (Å²) in [6.45, 7) is 10.4. The Bertz CT molecular complexity index is 348. The zero-order chi connectivity index (χ0) is 16.1. The van der Waals surface area contributed by atoms with Crippen molar-refractivity contribution in [1.29, 1.82) is 0 Å². The first-order chi connectivity index (χ1) is 9.01. The fourth-order valence-corrected chi connectivity index (χ4v) is 1.91. The zero-order valence-corrected chi connectivity index (χ0v) is 13.2. The Hall–Kier alpha value is -1.27. The minimum Gasteiger partial charge on any atom is -0.407 e. The van der Waals surface area contributed by atoms with Crippen molar-refractivity contribution in [3.05, 3.63) is 0 Å². The van der Waals surface area contributed by atoms with Crippen LogP contribution in [-0.2, 0) is 28.6 Å². The van der Waals surface area contributed by atoms with Crippen molar-refractivity contribution in [1.82, 2.24) is 0 Å². The summed E-state index contributed by atoms with van der Waals surface area (Å²) in [5.41, 5.74) is 0. The molecule has 0 bridgehead atoms. The van der Waals surface area contributed by atoms with E-state index in [1.165, 1.54) is 20.8 Å². The minimum absolute atomic E-state index is 0.408. The van der Waals surface area contributed by atoms with E-state index in [0.717, 1.165) is 0 Å². The molecule has 0 aliphatic rings. The van der Waals surface area contributed by atoms with E-state index in [0.29, 0.717) is 0 Å². The van der Waals surface area contributed by atoms with Gasteiger partial charge in [-0.3, -0.25) is 14.4 Å². The third kappa shape index (κ3) is 5.38. The Morgan fingerprint density at radius 3 is 1.35 bits per heavy atom. The molecule has 0 fully saturated rings. The van der Waals surface area contributed by atoms with Crippen molar-refractivity contribution in [2.75, 3.05) is 0 Å². The highest BCUT2D eigenvalue weighted by molar-refractivity contribution is 6.01. The highest BCUT2D eigenvalue weighted by Crippen LogP contribution is 2.31. The first-order valence-electron chi connectivity index (χ1n) is 6.58. The molecule has 0 aromatic rings. The van der Waals surface area contributed by atoms with Crippen LogP contribution in [0.5, 0.6) is 0 Å². The Kier molecular flexibility index (Phi) is 7.02. The third-order valence-electron chi connectivity index (χ3n) is 2.25. The molecule has 0 spiro atoms. The van der Waals surface area contributed by atoms with E-state index < -0.39 is 41.6 Å². The summed E-state index contributed by atoms with van der Waals surface area (Å²) in [6, 6.07) is 0. The first-order valence-corrected chi connectivity index (χ1v) is 6.58. The molecule has 0 heterocycles. The molecule has 6 nitrogen and oxygen atoms in total. The molecule has 0 radical (unpaired) electrons. The van der Waals surface area contributed by atoms with Crippen molar-refractivity contribution in [3.63, 3.8) is 0 Å². The number of carbonyl (C=O) groups excluding carboxylic acids is 3. The SMILES string of the molecule is CC(=O)OC(OC(C)C)(OC(C)C)C(C(C)=O)C(C)=O. The maximum atomic E-state index is 11.8. The summed E-state index contributed by atoms with van der Waals surface area (Å²) >= 11 is 0. The molecular weight excluding hydrogens is 264 g/mol. The van der Waals surface area contributed by atoms with E-state index in [9.17, 15) is 14.4 Å². The lowest BCUT2D eigenvalue weighted by Gasteiger charge is -2.38. The number of carbonyl (C=O) groups is 3. The standard InChI is InChI=1S/C14H24O6/c1-8(2)18-14(19-9(3)4,20-12(7)17)13(10(5)15)11(6)16/h8-9,13H,1-7H3. The Labute approximate surface area is 119 Å². The fraction of sp³-hybridized carbons (Fsp3) is 0.786. The lowest BCUT2D eigenvalue weighted by molar-refractivity contribution is -0.393. The number of ketones is 2. The molecule has 0 aliphatic carbocycles. The van der Waals surface area contributed by atoms with Crippen LogP contribution in [0, 0.1) is 5.92 Å². The van der Waals surface area contributed by atoms with E-state index in [1.807, 2.05) is 0 Å². The zero-order valence-electron chi connectivity index (χ0n) is 13.2. The van der Waals surface area contributed by atoms with Crippen LogP contribution in [0.3, 0.4) is 0 Å². The van der Waals surface area contributed by atoms with Gasteiger partial charge in [-0.05, 0) is 41.5 Å². The largest absolute Gasteiger partial charge is 0.407 e. The molecule has 0 unspecified atom stereocenters. The summed E-state index contributed by atoms with van der Waals surface area (Å²) in [4.78, 5) is 35.0. The number of ether oxygens (including phenoxy) is 3. The topological polar surface area (TPSA) is 78.9 Å². The highest BCUT2D eigenvalue weighted by Gasteiger charge is 2.52. The number of hydrogen-bond donors (Lipinski definition) is 0. The van der Waals surface area contributed by atoms with E-state index >= 15 is 0 Å². The van der Waals surface area contributed by atoms with Gasteiger partial charge < -0.3 is 14.2 Å². The molecule has 0 atom stereocenters. The molecule has 0 aromatic heterocycles. The van der Waals surface area contributed by atoms with Gasteiger partial charge >= 0.3 is 11.9 Å². The van der Waals surface area contributed by atoms with E-state index in [-0.39, 0.29) is 0 Å². The normalized spacial score (nSPS) is 12.1. The monoisotopic (exact) mass is 288 g/mol. The summed E-state index contributed by atoms with van der Waals surface area (Å²) in [6.07, 6.45) is -0.816. The van der Waals surface area contributed by atoms with Crippen LogP contribution >= 0.6 is 0 Å². The summed E-state index contributed by atoms with van der Waals surface area (Å²) in [5.74, 6) is -5.01. The summed E-state index contributed by atoms with van der Waals surface area (Å²) in [5, 5.41) is 0. The lowest BCUT2D eigenvalue weighted by Crippen LogP contribution is -2.55. The number of rotatable bonds is 8. The molecule has 0 aromatic carbocycles. The van der Waals surface area contributed by atoms with E-state index in [1.54, 1.807) is 27.7 Å². The van der Waals surface area contributed by atoms with Crippen LogP contribution in [0.4, 0.5) is 0 Å². The first kappa shape index (κ1) is 18.7. The van der Waals surface area contributed by atoms with Crippen LogP contribution in [0.25, 0.3) is 0 Å². The van der Waals surface area contributed by atoms with Crippen LogP contribution in [0.2, 0.25) is 0 Å². The molecule has 0 saturated heterocycles. The quantitative estimate of drug-likeness (QED) is 0.385. The van der Waals surface area contributed by atoms with Crippen LogP contribution in [0.15, 0.2) is 0 Å². The molecule has 20 heavy (non-hydrogen) atoms. The fourth-order valence-electron chi connectivity index (χ4n) is 1.91. The average molecular weight is 288 g/mol. The summed E-state index contributed by atoms with van der Waals surface area (Å²) in [7, 11) is 0. The Balaban J connectivity index is 5.83. The number of Topliss-reactive ketones (excluding diaryl/α,β-unsaturated/α-hetero) is 2. The predicted octanol–water partition coefficient (Wildman–Crippen LogP) is 1.85. The van der Waals surface area contributed by atoms with Crippen LogP contribution < -0.4 is 0 Å². The van der Waals surface area contributed by atoms with Gasteiger partial charge in [0.15, 0.2) is 5.92 Å². The van der Waals surface area contributed by atoms with Crippen molar-refractivity contribution in [3.8, 4) is 0 Å². The van der Waals surface area contributed by atoms with Crippen molar-refractivity contribution >= 4 is 17.5 Å². The Morgan fingerprint density at radius 2 is 1.15 bits per heavy atom. The molecule has 0 aliphatic heterocycles. The predicted molar refractivity (Wildman–Crippen MR) is 71.8 cm³/mol. The maximum absolute atomic E-state index is 11.8. The second kappa shape index (κ2) is 7.50. The second-order valence-corrected chi connectivity index (χ2v) is 5.18. The number of esters is 1.